The van der Waals surface area contributed by atoms with E-state index in [0.717, 1.165) is 0 Å². The second-order valence-corrected chi connectivity index (χ2v) is 8.28. The Morgan fingerprint density at radius 2 is 1.44 bits per heavy atom. The monoisotopic (exact) mass is 354 g/mol. The van der Waals surface area contributed by atoms with Gasteiger partial charge in [0.2, 0.25) is 0 Å². The maximum absolute atomic E-state index is 11.5. The molecule has 92 valence electrons. The van der Waals surface area contributed by atoms with Crippen LogP contribution in [0.3, 0.4) is 0 Å². The quantitative estimate of drug-likeness (QED) is 0.641. The summed E-state index contributed by atoms with van der Waals surface area (Å²) in [5.74, 6) is 1.42. The summed E-state index contributed by atoms with van der Waals surface area (Å²) in [4.78, 5) is 0. The molecule has 2 aromatic carbocycles. The molecule has 0 radical (unpaired) electrons. The Bertz CT molecular complexity index is 661. The molecule has 0 atom stereocenters. The van der Waals surface area contributed by atoms with E-state index < -0.39 is 19.6 Å². The Kier molecular flexibility index (Phi) is 2.63. The van der Waals surface area contributed by atoms with Crippen molar-refractivity contribution in [1.82, 2.24) is 0 Å². The zero-order chi connectivity index (χ0) is 12.8. The summed E-state index contributed by atoms with van der Waals surface area (Å²) in [5, 5.41) is 0. The summed E-state index contributed by atoms with van der Waals surface area (Å²) in [5.41, 5.74) is 0. The minimum absolute atomic E-state index is 0.0829. The molecule has 3 rings (SSSR count). The summed E-state index contributed by atoms with van der Waals surface area (Å²) in [7, 11) is 0. The van der Waals surface area contributed by atoms with Gasteiger partial charge in [-0.05, 0) is 0 Å². The first-order chi connectivity index (χ1) is 8.55. The number of ether oxygens (including phenoxy) is 2. The van der Waals surface area contributed by atoms with Crippen LogP contribution in [0.1, 0.15) is 0 Å². The van der Waals surface area contributed by atoms with Crippen molar-refractivity contribution in [3.8, 4) is 23.0 Å². The molecule has 0 bridgehead atoms. The molecule has 0 aliphatic carbocycles. The molecule has 1 aliphatic rings. The van der Waals surface area contributed by atoms with Crippen molar-refractivity contribution in [2.75, 3.05) is 0 Å². The second kappa shape index (κ2) is 4.05. The normalized spacial score (nSPS) is 13.0. The van der Waals surface area contributed by atoms with E-state index in [1.807, 2.05) is 0 Å². The topological polar surface area (TPSA) is 76.0 Å². The van der Waals surface area contributed by atoms with Gasteiger partial charge >= 0.3 is 108 Å². The molecule has 0 amide bonds. The van der Waals surface area contributed by atoms with E-state index in [2.05, 4.69) is 0 Å². The van der Waals surface area contributed by atoms with Gasteiger partial charge in [-0.25, -0.2) is 0 Å². The fraction of sp³-hybridized carbons (Fsp3) is 0. The first-order valence-corrected chi connectivity index (χ1v) is 9.80. The molecule has 0 unspecified atom stereocenters. The molecule has 0 spiro atoms. The van der Waals surface area contributed by atoms with E-state index >= 15 is 0 Å². The van der Waals surface area contributed by atoms with E-state index in [1.54, 1.807) is 36.4 Å². The average Bonchev–Trinajstić information content (AvgIpc) is 2.34. The van der Waals surface area contributed by atoms with Gasteiger partial charge in [0.15, 0.2) is 0 Å². The van der Waals surface area contributed by atoms with Gasteiger partial charge in [-0.3, -0.25) is 0 Å². The number of para-hydroxylation sites is 3. The molecular formula is C12H9O5Sb. The molecule has 1 heterocycles. The fourth-order valence-corrected chi connectivity index (χ4v) is 3.76. The average molecular weight is 355 g/mol. The van der Waals surface area contributed by atoms with Crippen molar-refractivity contribution in [3.05, 3.63) is 42.5 Å². The molecule has 1 aliphatic heterocycles. The van der Waals surface area contributed by atoms with Crippen molar-refractivity contribution in [1.29, 1.82) is 0 Å². The molecule has 2 aromatic rings. The van der Waals surface area contributed by atoms with Crippen molar-refractivity contribution < 1.29 is 19.3 Å². The van der Waals surface area contributed by atoms with Crippen LogP contribution in [-0.2, 0) is 3.02 Å². The predicted molar refractivity (Wildman–Crippen MR) is 63.5 cm³/mol. The van der Waals surface area contributed by atoms with Crippen LogP contribution in [-0.4, -0.2) is 26.4 Å². The van der Waals surface area contributed by atoms with Gasteiger partial charge in [-0.2, -0.15) is 0 Å². The standard InChI is InChI=1S/C12H7O2.2H2O.O.Sb/c1-2-6-10-9(5-1)13-11-7-3-4-8-12(11)14-10;;;;/h1-7H;2*1H2;;/q;;;;+2/p-2. The zero-order valence-corrected chi connectivity index (χ0v) is 11.7. The van der Waals surface area contributed by atoms with Gasteiger partial charge in [0.1, 0.15) is 0 Å². The third kappa shape index (κ3) is 1.90. The van der Waals surface area contributed by atoms with Crippen LogP contribution < -0.4 is 13.0 Å². The van der Waals surface area contributed by atoms with E-state index in [-0.39, 0.29) is 9.26 Å². The summed E-state index contributed by atoms with van der Waals surface area (Å²) in [6, 6.07) is 11.5. The predicted octanol–water partition coefficient (Wildman–Crippen LogP) is 1.15. The van der Waals surface area contributed by atoms with Gasteiger partial charge in [-0.15, -0.1) is 0 Å². The van der Waals surface area contributed by atoms with Gasteiger partial charge < -0.3 is 0 Å². The molecule has 5 nitrogen and oxygen atoms in total. The Morgan fingerprint density at radius 3 is 2.11 bits per heavy atom. The molecule has 18 heavy (non-hydrogen) atoms. The Hall–Kier alpha value is -1.42. The fourth-order valence-electron chi connectivity index (χ4n) is 1.76. The Morgan fingerprint density at radius 1 is 0.833 bits per heavy atom. The first-order valence-electron chi connectivity index (χ1n) is 5.19. The maximum atomic E-state index is 11.5. The van der Waals surface area contributed by atoms with Crippen LogP contribution in [0.15, 0.2) is 42.5 Å². The molecule has 0 fully saturated rings. The molecule has 6 heteroatoms. The number of fused-ring (bicyclic) bond motifs is 2. The molecule has 2 N–H and O–H groups in total. The van der Waals surface area contributed by atoms with Gasteiger partial charge in [0, 0.05) is 0 Å². The van der Waals surface area contributed by atoms with E-state index in [9.17, 15) is 9.79 Å². The van der Waals surface area contributed by atoms with Gasteiger partial charge in [-0.1, -0.05) is 0 Å². The van der Waals surface area contributed by atoms with E-state index in [4.69, 9.17) is 9.47 Å². The molecule has 0 aromatic heterocycles. The van der Waals surface area contributed by atoms with Gasteiger partial charge in [0.05, 0.1) is 0 Å². The van der Waals surface area contributed by atoms with Crippen LogP contribution in [0.2, 0.25) is 0 Å². The van der Waals surface area contributed by atoms with Crippen LogP contribution in [0.25, 0.3) is 0 Å². The summed E-state index contributed by atoms with van der Waals surface area (Å²) >= 11 is -5.33. The minimum atomic E-state index is -5.33. The van der Waals surface area contributed by atoms with Crippen LogP contribution in [0, 0.1) is 0 Å². The molecule has 0 saturated heterocycles. The number of hydrogen-bond donors (Lipinski definition) is 2. The third-order valence-corrected chi connectivity index (χ3v) is 5.35. The van der Waals surface area contributed by atoms with Crippen molar-refractivity contribution in [2.45, 2.75) is 0 Å². The second-order valence-electron chi connectivity index (χ2n) is 3.80. The van der Waals surface area contributed by atoms with Gasteiger partial charge in [0.25, 0.3) is 0 Å². The van der Waals surface area contributed by atoms with Crippen LogP contribution in [0.4, 0.5) is 0 Å². The number of benzene rings is 2. The Labute approximate surface area is 108 Å². The summed E-state index contributed by atoms with van der Waals surface area (Å²) in [6.07, 6.45) is 0. The zero-order valence-electron chi connectivity index (χ0n) is 9.11. The summed E-state index contributed by atoms with van der Waals surface area (Å²) in [6.45, 7) is 0. The van der Waals surface area contributed by atoms with Crippen molar-refractivity contribution in [3.63, 3.8) is 0 Å². The van der Waals surface area contributed by atoms with E-state index in [0.29, 0.717) is 17.2 Å². The molecule has 0 saturated carbocycles. The van der Waals surface area contributed by atoms with E-state index in [1.165, 1.54) is 6.07 Å². The SMILES string of the molecule is [O]=[Sb]([OH])([OH])[c]1cccc2c1Oc1ccccc1O2. The number of rotatable bonds is 1. The number of hydrogen-bond acceptors (Lipinski definition) is 3. The van der Waals surface area contributed by atoms with Crippen molar-refractivity contribution >= 4 is 23.1 Å². The summed E-state index contributed by atoms with van der Waals surface area (Å²) < 4.78 is 41.2. The first kappa shape index (κ1) is 11.7. The Balaban J connectivity index is 2.17. The molecular weight excluding hydrogens is 346 g/mol. The third-order valence-electron chi connectivity index (χ3n) is 2.55. The van der Waals surface area contributed by atoms with Crippen LogP contribution >= 0.6 is 0 Å². The van der Waals surface area contributed by atoms with Crippen molar-refractivity contribution in [2.24, 2.45) is 0 Å². The van der Waals surface area contributed by atoms with Crippen LogP contribution in [0.5, 0.6) is 23.0 Å².